The van der Waals surface area contributed by atoms with Gasteiger partial charge in [-0.2, -0.15) is 0 Å². The highest BCUT2D eigenvalue weighted by Gasteiger charge is 2.12. The lowest BCUT2D eigenvalue weighted by atomic mass is 10.1. The van der Waals surface area contributed by atoms with E-state index in [1.807, 2.05) is 13.0 Å². The molecule has 2 aromatic carbocycles. The van der Waals surface area contributed by atoms with E-state index in [9.17, 15) is 9.59 Å². The summed E-state index contributed by atoms with van der Waals surface area (Å²) in [7, 11) is 0. The van der Waals surface area contributed by atoms with Gasteiger partial charge in [0.25, 0.3) is 5.91 Å². The molecule has 0 heterocycles. The number of carbonyl (C=O) groups excluding carboxylic acids is 1. The molecule has 1 amide bonds. The van der Waals surface area contributed by atoms with Crippen LogP contribution in [-0.2, 0) is 11.2 Å². The standard InChI is InChI=1S/C16H14ClNO3/c1-10-4-2-7-13(15(10)17)16(21)18-12-6-3-5-11(8-12)9-14(19)20/h2-8H,9H2,1H3,(H,18,21)(H,19,20). The fourth-order valence-electron chi connectivity index (χ4n) is 1.95. The normalized spacial score (nSPS) is 10.2. The molecule has 4 nitrogen and oxygen atoms in total. The Hall–Kier alpha value is -2.33. The minimum Gasteiger partial charge on any atom is -0.481 e. The predicted molar refractivity (Wildman–Crippen MR) is 81.9 cm³/mol. The highest BCUT2D eigenvalue weighted by atomic mass is 35.5. The minimum atomic E-state index is -0.916. The summed E-state index contributed by atoms with van der Waals surface area (Å²) in [5.41, 5.74) is 2.37. The van der Waals surface area contributed by atoms with E-state index in [4.69, 9.17) is 16.7 Å². The first kappa shape index (κ1) is 15.1. The van der Waals surface area contributed by atoms with Crippen LogP contribution in [0.25, 0.3) is 0 Å². The molecule has 0 saturated heterocycles. The molecule has 0 unspecified atom stereocenters. The van der Waals surface area contributed by atoms with Crippen LogP contribution < -0.4 is 5.32 Å². The second-order valence-corrected chi connectivity index (χ2v) is 5.04. The summed E-state index contributed by atoms with van der Waals surface area (Å²) in [5, 5.41) is 11.9. The molecule has 2 rings (SSSR count). The summed E-state index contributed by atoms with van der Waals surface area (Å²) in [6.45, 7) is 1.83. The molecular formula is C16H14ClNO3. The number of anilines is 1. The quantitative estimate of drug-likeness (QED) is 0.908. The monoisotopic (exact) mass is 303 g/mol. The van der Waals surface area contributed by atoms with E-state index in [-0.39, 0.29) is 12.3 Å². The van der Waals surface area contributed by atoms with Crippen LogP contribution in [0.15, 0.2) is 42.5 Å². The summed E-state index contributed by atoms with van der Waals surface area (Å²) in [5.74, 6) is -1.24. The Morgan fingerprint density at radius 2 is 1.90 bits per heavy atom. The number of nitrogens with one attached hydrogen (secondary N) is 1. The number of aryl methyl sites for hydroxylation is 1. The predicted octanol–water partition coefficient (Wildman–Crippen LogP) is 3.53. The van der Waals surface area contributed by atoms with Gasteiger partial charge < -0.3 is 10.4 Å². The van der Waals surface area contributed by atoms with Gasteiger partial charge in [0.2, 0.25) is 0 Å². The van der Waals surface area contributed by atoms with Crippen molar-refractivity contribution in [2.24, 2.45) is 0 Å². The van der Waals surface area contributed by atoms with Gasteiger partial charge in [0.05, 0.1) is 17.0 Å². The topological polar surface area (TPSA) is 66.4 Å². The van der Waals surface area contributed by atoms with Crippen molar-refractivity contribution in [3.63, 3.8) is 0 Å². The third-order valence-corrected chi connectivity index (χ3v) is 3.48. The number of rotatable bonds is 4. The van der Waals surface area contributed by atoms with Crippen LogP contribution in [0.4, 0.5) is 5.69 Å². The van der Waals surface area contributed by atoms with Crippen molar-refractivity contribution in [2.75, 3.05) is 5.32 Å². The zero-order chi connectivity index (χ0) is 15.4. The Balaban J connectivity index is 2.20. The highest BCUT2D eigenvalue weighted by Crippen LogP contribution is 2.21. The van der Waals surface area contributed by atoms with E-state index in [0.717, 1.165) is 5.56 Å². The van der Waals surface area contributed by atoms with Crippen molar-refractivity contribution in [1.29, 1.82) is 0 Å². The number of halogens is 1. The molecule has 0 radical (unpaired) electrons. The lowest BCUT2D eigenvalue weighted by molar-refractivity contribution is -0.136. The Morgan fingerprint density at radius 3 is 2.62 bits per heavy atom. The summed E-state index contributed by atoms with van der Waals surface area (Å²) in [4.78, 5) is 22.9. The molecule has 5 heteroatoms. The third-order valence-electron chi connectivity index (χ3n) is 2.98. The molecule has 0 bridgehead atoms. The van der Waals surface area contributed by atoms with Crippen LogP contribution in [0.1, 0.15) is 21.5 Å². The number of hydrogen-bond acceptors (Lipinski definition) is 2. The van der Waals surface area contributed by atoms with Crippen molar-refractivity contribution in [2.45, 2.75) is 13.3 Å². The second kappa shape index (κ2) is 6.41. The first-order valence-corrected chi connectivity index (χ1v) is 6.72. The van der Waals surface area contributed by atoms with Gasteiger partial charge in [-0.05, 0) is 36.2 Å². The summed E-state index contributed by atoms with van der Waals surface area (Å²) in [6, 6.07) is 12.0. The van der Waals surface area contributed by atoms with E-state index in [2.05, 4.69) is 5.32 Å². The van der Waals surface area contributed by atoms with Crippen molar-refractivity contribution in [1.82, 2.24) is 0 Å². The van der Waals surface area contributed by atoms with E-state index < -0.39 is 5.97 Å². The maximum absolute atomic E-state index is 12.2. The number of benzene rings is 2. The van der Waals surface area contributed by atoms with Crippen molar-refractivity contribution in [3.05, 3.63) is 64.2 Å². The molecule has 0 atom stereocenters. The van der Waals surface area contributed by atoms with Gasteiger partial charge in [0.1, 0.15) is 0 Å². The summed E-state index contributed by atoms with van der Waals surface area (Å²) < 4.78 is 0. The van der Waals surface area contributed by atoms with Crippen LogP contribution in [0, 0.1) is 6.92 Å². The van der Waals surface area contributed by atoms with E-state index in [0.29, 0.717) is 21.8 Å². The zero-order valence-corrected chi connectivity index (χ0v) is 12.1. The third kappa shape index (κ3) is 3.83. The molecule has 0 aliphatic carbocycles. The smallest absolute Gasteiger partial charge is 0.307 e. The average Bonchev–Trinajstić information content (AvgIpc) is 2.41. The van der Waals surface area contributed by atoms with Gasteiger partial charge >= 0.3 is 5.97 Å². The molecule has 21 heavy (non-hydrogen) atoms. The first-order valence-electron chi connectivity index (χ1n) is 6.34. The van der Waals surface area contributed by atoms with E-state index in [1.165, 1.54) is 0 Å². The molecular weight excluding hydrogens is 290 g/mol. The molecule has 2 aromatic rings. The maximum atomic E-state index is 12.2. The molecule has 108 valence electrons. The number of carboxylic acids is 1. The fourth-order valence-corrected chi connectivity index (χ4v) is 2.17. The average molecular weight is 304 g/mol. The molecule has 0 fully saturated rings. The SMILES string of the molecule is Cc1cccc(C(=O)Nc2cccc(CC(=O)O)c2)c1Cl. The van der Waals surface area contributed by atoms with Crippen LogP contribution in [-0.4, -0.2) is 17.0 Å². The number of amides is 1. The van der Waals surface area contributed by atoms with Crippen LogP contribution in [0.3, 0.4) is 0 Å². The zero-order valence-electron chi connectivity index (χ0n) is 11.4. The number of aliphatic carboxylic acids is 1. The number of carbonyl (C=O) groups is 2. The maximum Gasteiger partial charge on any atom is 0.307 e. The lowest BCUT2D eigenvalue weighted by Gasteiger charge is -2.09. The lowest BCUT2D eigenvalue weighted by Crippen LogP contribution is -2.13. The van der Waals surface area contributed by atoms with Gasteiger partial charge in [-0.25, -0.2) is 0 Å². The van der Waals surface area contributed by atoms with Gasteiger partial charge in [-0.3, -0.25) is 9.59 Å². The molecule has 0 aliphatic rings. The largest absolute Gasteiger partial charge is 0.481 e. The molecule has 0 spiro atoms. The molecule has 0 saturated carbocycles. The molecule has 0 aliphatic heterocycles. The Labute approximate surface area is 127 Å². The highest BCUT2D eigenvalue weighted by molar-refractivity contribution is 6.35. The summed E-state index contributed by atoms with van der Waals surface area (Å²) >= 11 is 6.12. The van der Waals surface area contributed by atoms with Crippen LogP contribution in [0.5, 0.6) is 0 Å². The van der Waals surface area contributed by atoms with Crippen LogP contribution >= 0.6 is 11.6 Å². The Kier molecular flexibility index (Phi) is 4.60. The van der Waals surface area contributed by atoms with Crippen molar-refractivity contribution >= 4 is 29.2 Å². The number of hydrogen-bond donors (Lipinski definition) is 2. The molecule has 2 N–H and O–H groups in total. The Bertz CT molecular complexity index is 698. The first-order chi connectivity index (χ1) is 9.97. The van der Waals surface area contributed by atoms with Crippen LogP contribution in [0.2, 0.25) is 5.02 Å². The second-order valence-electron chi connectivity index (χ2n) is 4.66. The fraction of sp³-hybridized carbons (Fsp3) is 0.125. The number of carboxylic acid groups (broad SMARTS) is 1. The van der Waals surface area contributed by atoms with E-state index in [1.54, 1.807) is 36.4 Å². The van der Waals surface area contributed by atoms with Gasteiger partial charge in [0, 0.05) is 5.69 Å². The Morgan fingerprint density at radius 1 is 1.19 bits per heavy atom. The molecule has 0 aromatic heterocycles. The van der Waals surface area contributed by atoms with Crippen molar-refractivity contribution < 1.29 is 14.7 Å². The van der Waals surface area contributed by atoms with Gasteiger partial charge in [-0.15, -0.1) is 0 Å². The summed E-state index contributed by atoms with van der Waals surface area (Å²) in [6.07, 6.45) is -0.0884. The van der Waals surface area contributed by atoms with E-state index >= 15 is 0 Å². The minimum absolute atomic E-state index is 0.0884. The van der Waals surface area contributed by atoms with Crippen molar-refractivity contribution in [3.8, 4) is 0 Å². The van der Waals surface area contributed by atoms with Gasteiger partial charge in [-0.1, -0.05) is 35.9 Å². The van der Waals surface area contributed by atoms with Gasteiger partial charge in [0.15, 0.2) is 0 Å².